The number of carbonyl (C=O) groups is 1. The number of hydrogen-bond donors (Lipinski definition) is 1. The largest absolute Gasteiger partial charge is 0.437 e. The zero-order valence-corrected chi connectivity index (χ0v) is 14.7. The quantitative estimate of drug-likeness (QED) is 0.906. The number of piperidine rings is 1. The van der Waals surface area contributed by atoms with E-state index in [-0.39, 0.29) is 11.8 Å². The molecule has 1 amide bonds. The van der Waals surface area contributed by atoms with Crippen LogP contribution in [0, 0.1) is 6.92 Å². The van der Waals surface area contributed by atoms with Gasteiger partial charge in [-0.25, -0.2) is 4.98 Å². The van der Waals surface area contributed by atoms with E-state index in [1.54, 1.807) is 19.4 Å². The second-order valence-electron chi connectivity index (χ2n) is 6.41. The summed E-state index contributed by atoms with van der Waals surface area (Å²) >= 11 is 0. The third-order valence-corrected chi connectivity index (χ3v) is 4.36. The van der Waals surface area contributed by atoms with Gasteiger partial charge in [0.25, 0.3) is 0 Å². The predicted molar refractivity (Wildman–Crippen MR) is 95.8 cm³/mol. The van der Waals surface area contributed by atoms with Crippen molar-refractivity contribution in [3.05, 3.63) is 47.9 Å². The Hall–Kier alpha value is -2.47. The predicted octanol–water partition coefficient (Wildman–Crippen LogP) is 2.50. The molecule has 1 aromatic heterocycles. The number of likely N-dealkylation sites (tertiary alicyclic amines) is 1. The number of rotatable bonds is 5. The lowest BCUT2D eigenvalue weighted by Gasteiger charge is -2.32. The smallest absolute Gasteiger partial charge is 0.238 e. The number of aromatic nitrogens is 2. The van der Waals surface area contributed by atoms with Crippen LogP contribution in [0.5, 0.6) is 11.6 Å². The molecular weight excluding hydrogens is 316 g/mol. The number of amides is 1. The lowest BCUT2D eigenvalue weighted by molar-refractivity contribution is -0.131. The van der Waals surface area contributed by atoms with Gasteiger partial charge in [0.15, 0.2) is 0 Å². The van der Waals surface area contributed by atoms with Crippen molar-refractivity contribution in [2.75, 3.05) is 26.7 Å². The second-order valence-corrected chi connectivity index (χ2v) is 6.41. The molecule has 1 N–H and O–H groups in total. The van der Waals surface area contributed by atoms with Crippen molar-refractivity contribution in [2.45, 2.75) is 25.7 Å². The molecule has 2 heterocycles. The molecule has 1 fully saturated rings. The monoisotopic (exact) mass is 340 g/mol. The van der Waals surface area contributed by atoms with Gasteiger partial charge >= 0.3 is 0 Å². The number of benzene rings is 1. The van der Waals surface area contributed by atoms with Crippen LogP contribution in [-0.4, -0.2) is 47.5 Å². The summed E-state index contributed by atoms with van der Waals surface area (Å²) < 4.78 is 5.84. The Kier molecular flexibility index (Phi) is 5.60. The average Bonchev–Trinajstić information content (AvgIpc) is 2.62. The summed E-state index contributed by atoms with van der Waals surface area (Å²) in [4.78, 5) is 22.9. The molecule has 1 aliphatic heterocycles. The van der Waals surface area contributed by atoms with E-state index in [4.69, 9.17) is 4.74 Å². The van der Waals surface area contributed by atoms with E-state index < -0.39 is 0 Å². The van der Waals surface area contributed by atoms with Crippen molar-refractivity contribution < 1.29 is 9.53 Å². The highest BCUT2D eigenvalue weighted by molar-refractivity contribution is 5.78. The van der Waals surface area contributed by atoms with Crippen LogP contribution in [-0.2, 0) is 4.79 Å². The van der Waals surface area contributed by atoms with Crippen LogP contribution >= 0.6 is 0 Å². The lowest BCUT2D eigenvalue weighted by Crippen LogP contribution is -2.43. The van der Waals surface area contributed by atoms with Crippen molar-refractivity contribution in [1.82, 2.24) is 20.2 Å². The maximum Gasteiger partial charge on any atom is 0.238 e. The van der Waals surface area contributed by atoms with Crippen LogP contribution < -0.4 is 10.1 Å². The summed E-state index contributed by atoms with van der Waals surface area (Å²) in [6, 6.07) is 7.84. The molecule has 1 aromatic carbocycles. The molecule has 25 heavy (non-hydrogen) atoms. The van der Waals surface area contributed by atoms with Gasteiger partial charge in [0.05, 0.1) is 18.4 Å². The fourth-order valence-corrected chi connectivity index (χ4v) is 3.12. The molecule has 0 bridgehead atoms. The van der Waals surface area contributed by atoms with E-state index in [0.29, 0.717) is 19.0 Å². The molecule has 0 radical (unpaired) electrons. The Morgan fingerprint density at radius 1 is 1.40 bits per heavy atom. The normalized spacial score (nSPS) is 17.4. The van der Waals surface area contributed by atoms with Crippen LogP contribution in [0.15, 0.2) is 36.7 Å². The summed E-state index contributed by atoms with van der Waals surface area (Å²) in [7, 11) is 1.79. The fraction of sp³-hybridized carbons (Fsp3) is 0.421. The van der Waals surface area contributed by atoms with E-state index >= 15 is 0 Å². The summed E-state index contributed by atoms with van der Waals surface area (Å²) in [6.07, 6.45) is 5.38. The number of aryl methyl sites for hydroxylation is 1. The molecule has 0 saturated carbocycles. The third-order valence-electron chi connectivity index (χ3n) is 4.36. The molecule has 6 nitrogen and oxygen atoms in total. The number of ether oxygens (including phenoxy) is 1. The van der Waals surface area contributed by atoms with Gasteiger partial charge in [0, 0.05) is 25.2 Å². The first-order valence-corrected chi connectivity index (χ1v) is 8.64. The van der Waals surface area contributed by atoms with Crippen molar-refractivity contribution >= 4 is 5.91 Å². The van der Waals surface area contributed by atoms with Crippen LogP contribution in [0.3, 0.4) is 0 Å². The summed E-state index contributed by atoms with van der Waals surface area (Å²) in [5.74, 6) is 1.57. The number of hydrogen-bond acceptors (Lipinski definition) is 5. The van der Waals surface area contributed by atoms with E-state index in [2.05, 4.69) is 15.3 Å². The Balaban J connectivity index is 1.71. The molecule has 3 rings (SSSR count). The SMILES string of the molecule is CNCC(=O)N1CCCC(c2cncc(Oc3cccc(C)c3)n2)C1. The molecule has 0 spiro atoms. The third kappa shape index (κ3) is 4.54. The zero-order valence-electron chi connectivity index (χ0n) is 14.7. The molecule has 132 valence electrons. The molecule has 1 aliphatic rings. The standard InChI is InChI=1S/C19H24N4O2/c1-14-5-3-7-16(9-14)25-18-11-21-10-17(22-18)15-6-4-8-23(13-15)19(24)12-20-2/h3,5,7,9-11,15,20H,4,6,8,12-13H2,1-2H3. The molecule has 1 atom stereocenters. The molecule has 1 unspecified atom stereocenters. The van der Waals surface area contributed by atoms with Gasteiger partial charge in [0.1, 0.15) is 5.75 Å². The average molecular weight is 340 g/mol. The van der Waals surface area contributed by atoms with Crippen LogP contribution in [0.4, 0.5) is 0 Å². The highest BCUT2D eigenvalue weighted by Gasteiger charge is 2.25. The Morgan fingerprint density at radius 3 is 3.08 bits per heavy atom. The van der Waals surface area contributed by atoms with Gasteiger partial charge in [-0.3, -0.25) is 9.78 Å². The van der Waals surface area contributed by atoms with Crippen molar-refractivity contribution in [3.63, 3.8) is 0 Å². The molecular formula is C19H24N4O2. The Labute approximate surface area is 148 Å². The minimum atomic E-state index is 0.132. The van der Waals surface area contributed by atoms with Gasteiger partial charge in [-0.15, -0.1) is 0 Å². The van der Waals surface area contributed by atoms with Crippen LogP contribution in [0.2, 0.25) is 0 Å². The van der Waals surface area contributed by atoms with Crippen LogP contribution in [0.25, 0.3) is 0 Å². The fourth-order valence-electron chi connectivity index (χ4n) is 3.12. The zero-order chi connectivity index (χ0) is 17.6. The highest BCUT2D eigenvalue weighted by atomic mass is 16.5. The summed E-state index contributed by atoms with van der Waals surface area (Å²) in [5.41, 5.74) is 2.01. The number of nitrogens with one attached hydrogen (secondary N) is 1. The maximum atomic E-state index is 12.1. The van der Waals surface area contributed by atoms with Crippen molar-refractivity contribution in [2.24, 2.45) is 0 Å². The van der Waals surface area contributed by atoms with Gasteiger partial charge in [0.2, 0.25) is 11.8 Å². The Morgan fingerprint density at radius 2 is 2.28 bits per heavy atom. The van der Waals surface area contributed by atoms with Gasteiger partial charge in [-0.2, -0.15) is 0 Å². The van der Waals surface area contributed by atoms with Gasteiger partial charge in [-0.1, -0.05) is 12.1 Å². The Bertz CT molecular complexity index is 735. The van der Waals surface area contributed by atoms with E-state index in [1.165, 1.54) is 0 Å². The van der Waals surface area contributed by atoms with Crippen molar-refractivity contribution in [1.29, 1.82) is 0 Å². The topological polar surface area (TPSA) is 67.4 Å². The first-order valence-electron chi connectivity index (χ1n) is 8.64. The number of carbonyl (C=O) groups excluding carboxylic acids is 1. The summed E-state index contributed by atoms with van der Waals surface area (Å²) in [6.45, 7) is 3.88. The van der Waals surface area contributed by atoms with E-state index in [9.17, 15) is 4.79 Å². The highest BCUT2D eigenvalue weighted by Crippen LogP contribution is 2.27. The maximum absolute atomic E-state index is 12.1. The minimum absolute atomic E-state index is 0.132. The van der Waals surface area contributed by atoms with Crippen LogP contribution in [0.1, 0.15) is 30.0 Å². The van der Waals surface area contributed by atoms with E-state index in [1.807, 2.05) is 36.1 Å². The van der Waals surface area contributed by atoms with Gasteiger partial charge < -0.3 is 15.0 Å². The number of likely N-dealkylation sites (N-methyl/N-ethyl adjacent to an activating group) is 1. The van der Waals surface area contributed by atoms with Gasteiger partial charge in [-0.05, 0) is 44.5 Å². The molecule has 2 aromatic rings. The van der Waals surface area contributed by atoms with Crippen molar-refractivity contribution in [3.8, 4) is 11.6 Å². The summed E-state index contributed by atoms with van der Waals surface area (Å²) in [5, 5.41) is 2.92. The first-order chi connectivity index (χ1) is 12.2. The molecule has 6 heteroatoms. The second kappa shape index (κ2) is 8.07. The molecule has 0 aliphatic carbocycles. The minimum Gasteiger partial charge on any atom is -0.437 e. The molecule has 1 saturated heterocycles. The van der Waals surface area contributed by atoms with E-state index in [0.717, 1.165) is 36.4 Å². The first kappa shape index (κ1) is 17.4. The number of nitrogens with zero attached hydrogens (tertiary/aromatic N) is 3. The lowest BCUT2D eigenvalue weighted by atomic mass is 9.95.